The van der Waals surface area contributed by atoms with Gasteiger partial charge < -0.3 is 5.11 Å². The first-order valence-electron chi connectivity index (χ1n) is 5.70. The average Bonchev–Trinajstić information content (AvgIpc) is 2.95. The molecule has 0 aliphatic heterocycles. The van der Waals surface area contributed by atoms with Crippen LogP contribution in [0.4, 0.5) is 0 Å². The molecule has 0 saturated heterocycles. The number of carbonyl (C=O) groups is 1. The Morgan fingerprint density at radius 3 is 3.00 bits per heavy atom. The van der Waals surface area contributed by atoms with Crippen molar-refractivity contribution in [3.05, 3.63) is 36.3 Å². The van der Waals surface area contributed by atoms with Crippen LogP contribution in [0.5, 0.6) is 0 Å². The van der Waals surface area contributed by atoms with Crippen molar-refractivity contribution in [1.29, 1.82) is 0 Å². The normalized spacial score (nSPS) is 10.9. The maximum Gasteiger partial charge on any atom is 0.303 e. The van der Waals surface area contributed by atoms with E-state index < -0.39 is 5.97 Å². The molecule has 0 aliphatic rings. The quantitative estimate of drug-likeness (QED) is 0.785. The number of fused-ring (bicyclic) bond motifs is 1. The molecule has 0 bridgehead atoms. The van der Waals surface area contributed by atoms with Crippen molar-refractivity contribution in [2.45, 2.75) is 12.8 Å². The second-order valence-electron chi connectivity index (χ2n) is 3.98. The second-order valence-corrected chi connectivity index (χ2v) is 4.93. The third-order valence-corrected chi connectivity index (χ3v) is 3.52. The van der Waals surface area contributed by atoms with Crippen LogP contribution in [0.2, 0.25) is 0 Å². The molecule has 0 saturated carbocycles. The molecule has 0 aliphatic carbocycles. The number of hydrogen-bond acceptors (Lipinski definition) is 5. The van der Waals surface area contributed by atoms with Crippen molar-refractivity contribution in [3.63, 3.8) is 0 Å². The van der Waals surface area contributed by atoms with Gasteiger partial charge in [0, 0.05) is 12.6 Å². The fraction of sp³-hybridized carbons (Fsp3) is 0.167. The molecule has 0 unspecified atom stereocenters. The summed E-state index contributed by atoms with van der Waals surface area (Å²) in [4.78, 5) is 19.9. The summed E-state index contributed by atoms with van der Waals surface area (Å²) in [6, 6.07) is 5.65. The lowest BCUT2D eigenvalue weighted by atomic mass is 10.2. The van der Waals surface area contributed by atoms with Crippen molar-refractivity contribution < 1.29 is 9.90 Å². The van der Waals surface area contributed by atoms with Crippen molar-refractivity contribution in [2.75, 3.05) is 0 Å². The molecule has 0 spiro atoms. The van der Waals surface area contributed by atoms with E-state index in [9.17, 15) is 4.79 Å². The molecule has 0 atom stereocenters. The number of aryl methyl sites for hydroxylation is 1. The maximum atomic E-state index is 10.5. The average molecular weight is 274 g/mol. The number of carboxylic acid groups (broad SMARTS) is 1. The van der Waals surface area contributed by atoms with Gasteiger partial charge in [0.15, 0.2) is 5.01 Å². The van der Waals surface area contributed by atoms with Gasteiger partial charge in [0.05, 0.1) is 18.3 Å². The van der Waals surface area contributed by atoms with Gasteiger partial charge in [0.1, 0.15) is 5.69 Å². The monoisotopic (exact) mass is 274 g/mol. The van der Waals surface area contributed by atoms with Crippen LogP contribution in [-0.4, -0.2) is 30.7 Å². The molecule has 0 amide bonds. The van der Waals surface area contributed by atoms with E-state index in [-0.39, 0.29) is 6.42 Å². The highest BCUT2D eigenvalue weighted by Crippen LogP contribution is 2.23. The van der Waals surface area contributed by atoms with Crippen LogP contribution in [-0.2, 0) is 11.2 Å². The van der Waals surface area contributed by atoms with E-state index >= 15 is 0 Å². The van der Waals surface area contributed by atoms with Gasteiger partial charge >= 0.3 is 5.97 Å². The Bertz CT molecular complexity index is 688. The summed E-state index contributed by atoms with van der Waals surface area (Å²) in [5, 5.41) is 13.8. The number of carboxylic acids is 1. The van der Waals surface area contributed by atoms with Crippen molar-refractivity contribution >= 4 is 22.3 Å². The Labute approximate surface area is 112 Å². The van der Waals surface area contributed by atoms with Crippen LogP contribution in [0.3, 0.4) is 0 Å². The van der Waals surface area contributed by atoms with E-state index in [1.165, 1.54) is 11.3 Å². The lowest BCUT2D eigenvalue weighted by Gasteiger charge is -1.92. The summed E-state index contributed by atoms with van der Waals surface area (Å²) < 4.78 is 1.67. The SMILES string of the molecule is O=C(O)CCc1cn2nc(-c3ccccn3)sc2n1. The summed E-state index contributed by atoms with van der Waals surface area (Å²) >= 11 is 1.44. The number of nitrogens with zero attached hydrogens (tertiary/aromatic N) is 4. The predicted octanol–water partition coefficient (Wildman–Crippen LogP) is 1.87. The minimum absolute atomic E-state index is 0.0813. The van der Waals surface area contributed by atoms with Gasteiger partial charge in [-0.2, -0.15) is 5.10 Å². The van der Waals surface area contributed by atoms with Gasteiger partial charge in [-0.15, -0.1) is 0 Å². The highest BCUT2D eigenvalue weighted by atomic mass is 32.1. The number of aromatic nitrogens is 4. The minimum atomic E-state index is -0.821. The lowest BCUT2D eigenvalue weighted by Crippen LogP contribution is -1.97. The lowest BCUT2D eigenvalue weighted by molar-refractivity contribution is -0.136. The van der Waals surface area contributed by atoms with E-state index in [4.69, 9.17) is 5.11 Å². The van der Waals surface area contributed by atoms with Gasteiger partial charge in [0.2, 0.25) is 4.96 Å². The fourth-order valence-corrected chi connectivity index (χ4v) is 2.57. The van der Waals surface area contributed by atoms with E-state index in [0.29, 0.717) is 6.42 Å². The van der Waals surface area contributed by atoms with Crippen molar-refractivity contribution in [1.82, 2.24) is 19.6 Å². The molecule has 6 nitrogen and oxygen atoms in total. The summed E-state index contributed by atoms with van der Waals surface area (Å²) in [6.07, 6.45) is 3.99. The third kappa shape index (κ3) is 2.45. The third-order valence-electron chi connectivity index (χ3n) is 2.57. The Morgan fingerprint density at radius 1 is 1.42 bits per heavy atom. The van der Waals surface area contributed by atoms with Crippen LogP contribution in [0, 0.1) is 0 Å². The first kappa shape index (κ1) is 11.8. The fourth-order valence-electron chi connectivity index (χ4n) is 1.69. The standard InChI is InChI=1S/C12H10N4O2S/c17-10(18)5-4-8-7-16-12(14-8)19-11(15-16)9-3-1-2-6-13-9/h1-3,6-7H,4-5H2,(H,17,18). The molecular formula is C12H10N4O2S. The van der Waals surface area contributed by atoms with Crippen LogP contribution < -0.4 is 0 Å². The van der Waals surface area contributed by atoms with Crippen LogP contribution >= 0.6 is 11.3 Å². The molecule has 0 radical (unpaired) electrons. The molecular weight excluding hydrogens is 264 g/mol. The van der Waals surface area contributed by atoms with Crippen molar-refractivity contribution in [2.24, 2.45) is 0 Å². The predicted molar refractivity (Wildman–Crippen MR) is 70.1 cm³/mol. The topological polar surface area (TPSA) is 80.4 Å². The molecule has 19 heavy (non-hydrogen) atoms. The zero-order valence-corrected chi connectivity index (χ0v) is 10.7. The molecule has 0 aromatic carbocycles. The zero-order valence-electron chi connectivity index (χ0n) is 9.85. The number of aliphatic carboxylic acids is 1. The van der Waals surface area contributed by atoms with E-state index in [1.807, 2.05) is 18.2 Å². The van der Waals surface area contributed by atoms with Crippen molar-refractivity contribution in [3.8, 4) is 10.7 Å². The minimum Gasteiger partial charge on any atom is -0.481 e. The van der Waals surface area contributed by atoms with Crippen LogP contribution in [0.1, 0.15) is 12.1 Å². The first-order valence-corrected chi connectivity index (χ1v) is 6.52. The molecule has 3 aromatic heterocycles. The summed E-state index contributed by atoms with van der Waals surface area (Å²) in [7, 11) is 0. The van der Waals surface area contributed by atoms with Gasteiger partial charge in [-0.3, -0.25) is 9.78 Å². The first-order chi connectivity index (χ1) is 9.22. The Morgan fingerprint density at radius 2 is 2.32 bits per heavy atom. The molecule has 3 aromatic rings. The van der Waals surface area contributed by atoms with Crippen LogP contribution in [0.25, 0.3) is 15.7 Å². The number of rotatable bonds is 4. The zero-order chi connectivity index (χ0) is 13.2. The van der Waals surface area contributed by atoms with E-state index in [0.717, 1.165) is 21.4 Å². The Balaban J connectivity index is 1.87. The van der Waals surface area contributed by atoms with E-state index in [1.54, 1.807) is 16.9 Å². The van der Waals surface area contributed by atoms with Gasteiger partial charge in [-0.25, -0.2) is 9.50 Å². The number of hydrogen-bond donors (Lipinski definition) is 1. The van der Waals surface area contributed by atoms with Gasteiger partial charge in [-0.05, 0) is 12.1 Å². The highest BCUT2D eigenvalue weighted by molar-refractivity contribution is 7.19. The van der Waals surface area contributed by atoms with E-state index in [2.05, 4.69) is 15.1 Å². The largest absolute Gasteiger partial charge is 0.481 e. The summed E-state index contributed by atoms with van der Waals surface area (Å²) in [6.45, 7) is 0. The number of imidazole rings is 1. The van der Waals surface area contributed by atoms with Crippen LogP contribution in [0.15, 0.2) is 30.6 Å². The molecule has 96 valence electrons. The second kappa shape index (κ2) is 4.77. The highest BCUT2D eigenvalue weighted by Gasteiger charge is 2.11. The molecule has 3 heterocycles. The van der Waals surface area contributed by atoms with Gasteiger partial charge in [-0.1, -0.05) is 17.4 Å². The number of pyridine rings is 1. The van der Waals surface area contributed by atoms with Gasteiger partial charge in [0.25, 0.3) is 0 Å². The molecule has 1 N–H and O–H groups in total. The molecule has 7 heteroatoms. The summed E-state index contributed by atoms with van der Waals surface area (Å²) in [5.41, 5.74) is 1.55. The maximum absolute atomic E-state index is 10.5. The smallest absolute Gasteiger partial charge is 0.303 e. The molecule has 0 fully saturated rings. The summed E-state index contributed by atoms with van der Waals surface area (Å²) in [5.74, 6) is -0.821. The molecule has 3 rings (SSSR count). The Hall–Kier alpha value is -2.28. The Kier molecular flexibility index (Phi) is 2.96.